The van der Waals surface area contributed by atoms with E-state index in [0.717, 1.165) is 11.6 Å². The van der Waals surface area contributed by atoms with Crippen molar-refractivity contribution in [2.24, 2.45) is 0 Å². The predicted molar refractivity (Wildman–Crippen MR) is 103 cm³/mol. The molecule has 0 saturated carbocycles. The third-order valence-electron chi connectivity index (χ3n) is 4.51. The lowest BCUT2D eigenvalue weighted by atomic mass is 10.1. The largest absolute Gasteiger partial charge is 0.308 e. The fourth-order valence-corrected chi connectivity index (χ4v) is 4.30. The van der Waals surface area contributed by atoms with Gasteiger partial charge in [-0.2, -0.15) is 0 Å². The highest BCUT2D eigenvalue weighted by molar-refractivity contribution is 7.92. The second-order valence-electron chi connectivity index (χ2n) is 6.33. The Bertz CT molecular complexity index is 1150. The number of halogens is 1. The van der Waals surface area contributed by atoms with Crippen LogP contribution in [0.1, 0.15) is 15.9 Å². The highest BCUT2D eigenvalue weighted by Gasteiger charge is 2.27. The van der Waals surface area contributed by atoms with E-state index in [2.05, 4.69) is 9.71 Å². The fraction of sp³-hybridized carbons (Fsp3) is 0.100. The third kappa shape index (κ3) is 3.34. The Morgan fingerprint density at radius 3 is 2.68 bits per heavy atom. The minimum Gasteiger partial charge on any atom is -0.308 e. The summed E-state index contributed by atoms with van der Waals surface area (Å²) >= 11 is 0. The van der Waals surface area contributed by atoms with E-state index in [4.69, 9.17) is 0 Å². The quantitative estimate of drug-likeness (QED) is 0.733. The molecule has 0 spiro atoms. The van der Waals surface area contributed by atoms with Gasteiger partial charge in [0.25, 0.3) is 15.9 Å². The summed E-state index contributed by atoms with van der Waals surface area (Å²) in [6.45, 7) is 0.493. The summed E-state index contributed by atoms with van der Waals surface area (Å²) in [6, 6.07) is 13.5. The minimum absolute atomic E-state index is 0.207. The standard InChI is InChI=1S/C20H16FN3O3S/c21-17-5-1-2-6-19(17)28(26,27)23-16-8-7-14-9-11-24(18(14)12-16)20(25)15-4-3-10-22-13-15/h1-8,10,12-13,23H,9,11H2. The Balaban J connectivity index is 1.64. The molecule has 0 unspecified atom stereocenters. The summed E-state index contributed by atoms with van der Waals surface area (Å²) in [5.41, 5.74) is 2.27. The van der Waals surface area contributed by atoms with Gasteiger partial charge in [-0.05, 0) is 48.4 Å². The number of amides is 1. The molecule has 0 aliphatic carbocycles. The number of carbonyl (C=O) groups is 1. The van der Waals surface area contributed by atoms with Gasteiger partial charge in [0.05, 0.1) is 11.3 Å². The molecule has 1 N–H and O–H groups in total. The molecule has 2 aromatic carbocycles. The molecule has 0 bridgehead atoms. The summed E-state index contributed by atoms with van der Waals surface area (Å²) < 4.78 is 41.3. The number of hydrogen-bond donors (Lipinski definition) is 1. The molecule has 1 aliphatic rings. The van der Waals surface area contributed by atoms with E-state index < -0.39 is 20.7 Å². The van der Waals surface area contributed by atoms with Crippen LogP contribution in [0.4, 0.5) is 15.8 Å². The number of nitrogens with one attached hydrogen (secondary N) is 1. The maximum absolute atomic E-state index is 13.9. The molecule has 8 heteroatoms. The van der Waals surface area contributed by atoms with E-state index in [9.17, 15) is 17.6 Å². The molecule has 1 aliphatic heterocycles. The van der Waals surface area contributed by atoms with Gasteiger partial charge in [0, 0.05) is 24.6 Å². The zero-order valence-electron chi connectivity index (χ0n) is 14.7. The Hall–Kier alpha value is -3.26. The third-order valence-corrected chi connectivity index (χ3v) is 5.93. The number of benzene rings is 2. The first kappa shape index (κ1) is 18.1. The van der Waals surface area contributed by atoms with Crippen molar-refractivity contribution < 1.29 is 17.6 Å². The van der Waals surface area contributed by atoms with Crippen molar-refractivity contribution in [3.63, 3.8) is 0 Å². The van der Waals surface area contributed by atoms with Crippen molar-refractivity contribution in [1.82, 2.24) is 4.98 Å². The summed E-state index contributed by atoms with van der Waals surface area (Å²) in [5.74, 6) is -1.04. The van der Waals surface area contributed by atoms with Gasteiger partial charge in [-0.25, -0.2) is 12.8 Å². The average Bonchev–Trinajstić information content (AvgIpc) is 3.11. The number of aromatic nitrogens is 1. The van der Waals surface area contributed by atoms with Crippen LogP contribution in [0.15, 0.2) is 71.9 Å². The summed E-state index contributed by atoms with van der Waals surface area (Å²) in [4.78, 5) is 17.9. The number of nitrogens with zero attached hydrogens (tertiary/aromatic N) is 2. The van der Waals surface area contributed by atoms with Crippen LogP contribution in [0.25, 0.3) is 0 Å². The van der Waals surface area contributed by atoms with Gasteiger partial charge in [-0.15, -0.1) is 0 Å². The Morgan fingerprint density at radius 1 is 1.11 bits per heavy atom. The molecule has 0 atom stereocenters. The normalized spacial score (nSPS) is 13.2. The highest BCUT2D eigenvalue weighted by Crippen LogP contribution is 2.32. The zero-order chi connectivity index (χ0) is 19.7. The van der Waals surface area contributed by atoms with Crippen LogP contribution in [0.3, 0.4) is 0 Å². The SMILES string of the molecule is O=C(c1cccnc1)N1CCc2ccc(NS(=O)(=O)c3ccccc3F)cc21. The number of pyridine rings is 1. The lowest BCUT2D eigenvalue weighted by Gasteiger charge is -2.18. The van der Waals surface area contributed by atoms with E-state index >= 15 is 0 Å². The van der Waals surface area contributed by atoms with E-state index in [0.29, 0.717) is 24.2 Å². The van der Waals surface area contributed by atoms with Gasteiger partial charge >= 0.3 is 0 Å². The van der Waals surface area contributed by atoms with Gasteiger partial charge in [0.2, 0.25) is 0 Å². The number of fused-ring (bicyclic) bond motifs is 1. The molecule has 28 heavy (non-hydrogen) atoms. The fourth-order valence-electron chi connectivity index (χ4n) is 3.17. The zero-order valence-corrected chi connectivity index (χ0v) is 15.5. The monoisotopic (exact) mass is 397 g/mol. The molecular weight excluding hydrogens is 381 g/mol. The van der Waals surface area contributed by atoms with Crippen LogP contribution < -0.4 is 9.62 Å². The Kier molecular flexibility index (Phi) is 4.56. The molecule has 0 fully saturated rings. The number of hydrogen-bond acceptors (Lipinski definition) is 4. The van der Waals surface area contributed by atoms with Crippen molar-refractivity contribution in [2.75, 3.05) is 16.2 Å². The molecule has 6 nitrogen and oxygen atoms in total. The van der Waals surface area contributed by atoms with Crippen molar-refractivity contribution in [3.05, 3.63) is 83.9 Å². The lowest BCUT2D eigenvalue weighted by molar-refractivity contribution is 0.0989. The summed E-state index contributed by atoms with van der Waals surface area (Å²) in [5, 5.41) is 0. The number of carbonyl (C=O) groups excluding carboxylic acids is 1. The highest BCUT2D eigenvalue weighted by atomic mass is 32.2. The summed E-state index contributed by atoms with van der Waals surface area (Å²) in [7, 11) is -4.09. The molecule has 0 radical (unpaired) electrons. The first-order valence-electron chi connectivity index (χ1n) is 8.58. The predicted octanol–water partition coefficient (Wildman–Crippen LogP) is 3.22. The van der Waals surface area contributed by atoms with Gasteiger partial charge in [-0.1, -0.05) is 18.2 Å². The molecule has 2 heterocycles. The summed E-state index contributed by atoms with van der Waals surface area (Å²) in [6.07, 6.45) is 3.75. The molecular formula is C20H16FN3O3S. The van der Waals surface area contributed by atoms with Crippen molar-refractivity contribution in [2.45, 2.75) is 11.3 Å². The van der Waals surface area contributed by atoms with Crippen molar-refractivity contribution in [1.29, 1.82) is 0 Å². The van der Waals surface area contributed by atoms with Gasteiger partial charge in [-0.3, -0.25) is 14.5 Å². The average molecular weight is 397 g/mol. The molecule has 0 saturated heterocycles. The second kappa shape index (κ2) is 7.05. The van der Waals surface area contributed by atoms with Crippen LogP contribution in [0, 0.1) is 5.82 Å². The van der Waals surface area contributed by atoms with E-state index in [1.54, 1.807) is 41.4 Å². The number of rotatable bonds is 4. The van der Waals surface area contributed by atoms with E-state index in [-0.39, 0.29) is 11.6 Å². The lowest BCUT2D eigenvalue weighted by Crippen LogP contribution is -2.29. The van der Waals surface area contributed by atoms with Crippen LogP contribution in [-0.2, 0) is 16.4 Å². The molecule has 142 valence electrons. The van der Waals surface area contributed by atoms with Crippen molar-refractivity contribution >= 4 is 27.3 Å². The second-order valence-corrected chi connectivity index (χ2v) is 7.98. The topological polar surface area (TPSA) is 79.4 Å². The molecule has 4 rings (SSSR count). The first-order chi connectivity index (χ1) is 13.5. The van der Waals surface area contributed by atoms with Gasteiger partial charge in [0.15, 0.2) is 0 Å². The van der Waals surface area contributed by atoms with Crippen LogP contribution in [0.2, 0.25) is 0 Å². The van der Waals surface area contributed by atoms with Crippen LogP contribution in [-0.4, -0.2) is 25.9 Å². The first-order valence-corrected chi connectivity index (χ1v) is 10.1. The minimum atomic E-state index is -4.09. The number of sulfonamides is 1. The Morgan fingerprint density at radius 2 is 1.93 bits per heavy atom. The van der Waals surface area contributed by atoms with Crippen LogP contribution >= 0.6 is 0 Å². The maximum Gasteiger partial charge on any atom is 0.264 e. The number of anilines is 2. The van der Waals surface area contributed by atoms with Crippen LogP contribution in [0.5, 0.6) is 0 Å². The van der Waals surface area contributed by atoms with E-state index in [1.165, 1.54) is 24.4 Å². The smallest absolute Gasteiger partial charge is 0.264 e. The maximum atomic E-state index is 13.9. The molecule has 1 amide bonds. The van der Waals surface area contributed by atoms with E-state index in [1.807, 2.05) is 0 Å². The Labute approximate surface area is 161 Å². The molecule has 1 aromatic heterocycles. The van der Waals surface area contributed by atoms with Gasteiger partial charge < -0.3 is 4.90 Å². The molecule has 3 aromatic rings. The van der Waals surface area contributed by atoms with Gasteiger partial charge in [0.1, 0.15) is 10.7 Å². The van der Waals surface area contributed by atoms with Crippen molar-refractivity contribution in [3.8, 4) is 0 Å².